The van der Waals surface area contributed by atoms with Gasteiger partial charge in [-0.3, -0.25) is 9.59 Å². The number of amides is 2. The van der Waals surface area contributed by atoms with Crippen LogP contribution in [0.4, 0.5) is 4.39 Å². The molecule has 0 spiro atoms. The van der Waals surface area contributed by atoms with Gasteiger partial charge in [-0.15, -0.1) is 0 Å². The van der Waals surface area contributed by atoms with E-state index in [1.165, 1.54) is 4.90 Å². The number of hydrogen-bond acceptors (Lipinski definition) is 2. The lowest BCUT2D eigenvalue weighted by Crippen LogP contribution is -2.56. The van der Waals surface area contributed by atoms with Gasteiger partial charge in [0.25, 0.3) is 11.8 Å². The summed E-state index contributed by atoms with van der Waals surface area (Å²) in [6.07, 6.45) is 2.90. The van der Waals surface area contributed by atoms with Crippen LogP contribution >= 0.6 is 0 Å². The van der Waals surface area contributed by atoms with Gasteiger partial charge in [-0.1, -0.05) is 17.7 Å². The van der Waals surface area contributed by atoms with Gasteiger partial charge in [0, 0.05) is 18.7 Å². The van der Waals surface area contributed by atoms with E-state index in [-0.39, 0.29) is 18.9 Å². The van der Waals surface area contributed by atoms with Crippen molar-refractivity contribution in [1.82, 2.24) is 10.2 Å². The number of likely N-dealkylation sites (tertiary alicyclic amines) is 1. The Morgan fingerprint density at radius 2 is 2.08 bits per heavy atom. The fourth-order valence-corrected chi connectivity index (χ4v) is 3.31. The molecule has 1 aromatic carbocycles. The van der Waals surface area contributed by atoms with Crippen molar-refractivity contribution in [3.63, 3.8) is 0 Å². The van der Waals surface area contributed by atoms with Crippen molar-refractivity contribution in [3.8, 4) is 0 Å². The van der Waals surface area contributed by atoms with Gasteiger partial charge in [0.15, 0.2) is 0 Å². The highest BCUT2D eigenvalue weighted by Crippen LogP contribution is 2.30. The van der Waals surface area contributed by atoms with Crippen LogP contribution in [-0.4, -0.2) is 42.0 Å². The third-order valence-electron chi connectivity index (χ3n) is 5.00. The Kier molecular flexibility index (Phi) is 4.61. The van der Waals surface area contributed by atoms with E-state index in [2.05, 4.69) is 5.32 Å². The molecule has 130 valence electrons. The van der Waals surface area contributed by atoms with E-state index in [1.807, 2.05) is 26.0 Å². The highest BCUT2D eigenvalue weighted by molar-refractivity contribution is 5.96. The Balaban J connectivity index is 1.69. The molecule has 1 saturated carbocycles. The smallest absolute Gasteiger partial charge is 0.259 e. The minimum atomic E-state index is -1.97. The molecule has 1 aliphatic carbocycles. The molecule has 1 unspecified atom stereocenters. The Morgan fingerprint density at radius 1 is 1.33 bits per heavy atom. The normalized spacial score (nSPS) is 23.9. The van der Waals surface area contributed by atoms with E-state index < -0.39 is 11.6 Å². The number of carbonyl (C=O) groups excluding carboxylic acids is 2. The molecule has 1 saturated heterocycles. The molecular formula is C19H25FN2O2. The van der Waals surface area contributed by atoms with Crippen LogP contribution in [0.2, 0.25) is 0 Å². The van der Waals surface area contributed by atoms with E-state index in [1.54, 1.807) is 6.07 Å². The van der Waals surface area contributed by atoms with E-state index in [0.29, 0.717) is 31.0 Å². The predicted molar refractivity (Wildman–Crippen MR) is 90.6 cm³/mol. The summed E-state index contributed by atoms with van der Waals surface area (Å²) in [7, 11) is 0. The summed E-state index contributed by atoms with van der Waals surface area (Å²) in [6, 6.07) is 5.62. The van der Waals surface area contributed by atoms with E-state index in [4.69, 9.17) is 0 Å². The summed E-state index contributed by atoms with van der Waals surface area (Å²) in [5.41, 5.74) is 0.583. The van der Waals surface area contributed by atoms with E-state index >= 15 is 4.39 Å². The second-order valence-corrected chi connectivity index (χ2v) is 7.27. The topological polar surface area (TPSA) is 49.4 Å². The van der Waals surface area contributed by atoms with Crippen molar-refractivity contribution in [2.45, 2.75) is 45.2 Å². The summed E-state index contributed by atoms with van der Waals surface area (Å²) < 4.78 is 15.1. The standard InChI is InChI=1S/C19H25FN2O2/c1-13-4-7-16(14(2)10-13)17(23)22-9-3-8-19(20,12-22)18(24)21-11-15-5-6-15/h4,7,10,15H,3,5-6,8-9,11-12H2,1-2H3,(H,21,24). The number of alkyl halides is 1. The summed E-state index contributed by atoms with van der Waals surface area (Å²) in [4.78, 5) is 26.5. The Labute approximate surface area is 142 Å². The zero-order valence-electron chi connectivity index (χ0n) is 14.4. The van der Waals surface area contributed by atoms with Crippen LogP contribution in [0.5, 0.6) is 0 Å². The molecule has 0 aromatic heterocycles. The second kappa shape index (κ2) is 6.54. The summed E-state index contributed by atoms with van der Waals surface area (Å²) in [5, 5.41) is 2.72. The molecule has 4 nitrogen and oxygen atoms in total. The minimum absolute atomic E-state index is 0.157. The molecule has 2 aliphatic rings. The molecule has 24 heavy (non-hydrogen) atoms. The number of hydrogen-bond donors (Lipinski definition) is 1. The van der Waals surface area contributed by atoms with Crippen LogP contribution in [0.15, 0.2) is 18.2 Å². The van der Waals surface area contributed by atoms with Crippen LogP contribution in [0.25, 0.3) is 0 Å². The van der Waals surface area contributed by atoms with Crippen LogP contribution in [0.1, 0.15) is 47.2 Å². The van der Waals surface area contributed by atoms with Gasteiger partial charge in [-0.2, -0.15) is 0 Å². The first-order valence-electron chi connectivity index (χ1n) is 8.73. The second-order valence-electron chi connectivity index (χ2n) is 7.27. The number of benzene rings is 1. The molecule has 2 fully saturated rings. The quantitative estimate of drug-likeness (QED) is 0.922. The van der Waals surface area contributed by atoms with Gasteiger partial charge < -0.3 is 10.2 Å². The zero-order chi connectivity index (χ0) is 17.3. The number of rotatable bonds is 4. The molecule has 1 aliphatic heterocycles. The first-order chi connectivity index (χ1) is 11.4. The average Bonchev–Trinajstić information content (AvgIpc) is 3.36. The van der Waals surface area contributed by atoms with Crippen molar-refractivity contribution in [2.75, 3.05) is 19.6 Å². The molecule has 0 radical (unpaired) electrons. The lowest BCUT2D eigenvalue weighted by molar-refractivity contribution is -0.135. The molecule has 5 heteroatoms. The largest absolute Gasteiger partial charge is 0.353 e. The highest BCUT2D eigenvalue weighted by Gasteiger charge is 2.44. The number of carbonyl (C=O) groups is 2. The van der Waals surface area contributed by atoms with Gasteiger partial charge in [0.05, 0.1) is 6.54 Å². The zero-order valence-corrected chi connectivity index (χ0v) is 14.4. The summed E-state index contributed by atoms with van der Waals surface area (Å²) in [6.45, 7) is 4.74. The molecular weight excluding hydrogens is 307 g/mol. The third-order valence-corrected chi connectivity index (χ3v) is 5.00. The van der Waals surface area contributed by atoms with Crippen LogP contribution in [0, 0.1) is 19.8 Å². The fourth-order valence-electron chi connectivity index (χ4n) is 3.31. The van der Waals surface area contributed by atoms with Crippen LogP contribution < -0.4 is 5.32 Å². The molecule has 1 heterocycles. The predicted octanol–water partition coefficient (Wildman–Crippen LogP) is 2.77. The molecule has 1 N–H and O–H groups in total. The Bertz CT molecular complexity index is 657. The van der Waals surface area contributed by atoms with E-state index in [9.17, 15) is 9.59 Å². The van der Waals surface area contributed by atoms with Crippen molar-refractivity contribution in [2.24, 2.45) is 5.92 Å². The van der Waals surface area contributed by atoms with Gasteiger partial charge in [0.2, 0.25) is 5.67 Å². The summed E-state index contributed by atoms with van der Waals surface area (Å²) >= 11 is 0. The molecule has 2 amide bonds. The van der Waals surface area contributed by atoms with Gasteiger partial charge in [-0.05, 0) is 57.1 Å². The first kappa shape index (κ1) is 16.9. The third kappa shape index (κ3) is 3.60. The van der Waals surface area contributed by atoms with Gasteiger partial charge in [0.1, 0.15) is 0 Å². The van der Waals surface area contributed by atoms with Crippen LogP contribution in [0.3, 0.4) is 0 Å². The highest BCUT2D eigenvalue weighted by atomic mass is 19.1. The number of aryl methyl sites for hydroxylation is 2. The number of piperidine rings is 1. The molecule has 1 atom stereocenters. The maximum absolute atomic E-state index is 15.1. The lowest BCUT2D eigenvalue weighted by Gasteiger charge is -2.36. The lowest BCUT2D eigenvalue weighted by atomic mass is 9.92. The molecule has 0 bridgehead atoms. The van der Waals surface area contributed by atoms with Gasteiger partial charge in [-0.25, -0.2) is 4.39 Å². The summed E-state index contributed by atoms with van der Waals surface area (Å²) in [5.74, 6) is -0.245. The van der Waals surface area contributed by atoms with Gasteiger partial charge >= 0.3 is 0 Å². The first-order valence-corrected chi connectivity index (χ1v) is 8.73. The van der Waals surface area contributed by atoms with Crippen molar-refractivity contribution in [3.05, 3.63) is 34.9 Å². The monoisotopic (exact) mass is 332 g/mol. The Morgan fingerprint density at radius 3 is 2.75 bits per heavy atom. The molecule has 3 rings (SSSR count). The average molecular weight is 332 g/mol. The number of halogens is 1. The minimum Gasteiger partial charge on any atom is -0.353 e. The number of nitrogens with zero attached hydrogens (tertiary/aromatic N) is 1. The number of nitrogens with one attached hydrogen (secondary N) is 1. The van der Waals surface area contributed by atoms with E-state index in [0.717, 1.165) is 24.0 Å². The maximum Gasteiger partial charge on any atom is 0.259 e. The maximum atomic E-state index is 15.1. The SMILES string of the molecule is Cc1ccc(C(=O)N2CCCC(F)(C(=O)NCC3CC3)C2)c(C)c1. The fraction of sp³-hybridized carbons (Fsp3) is 0.579. The van der Waals surface area contributed by atoms with Crippen molar-refractivity contribution < 1.29 is 14.0 Å². The van der Waals surface area contributed by atoms with Crippen LogP contribution in [-0.2, 0) is 4.79 Å². The Hall–Kier alpha value is -1.91. The van der Waals surface area contributed by atoms with Crippen molar-refractivity contribution in [1.29, 1.82) is 0 Å². The molecule has 1 aromatic rings. The van der Waals surface area contributed by atoms with Crippen molar-refractivity contribution >= 4 is 11.8 Å².